The third-order valence-electron chi connectivity index (χ3n) is 4.40. The summed E-state index contributed by atoms with van der Waals surface area (Å²) in [7, 11) is 0. The maximum Gasteiger partial charge on any atom is 0.255 e. The van der Waals surface area contributed by atoms with Gasteiger partial charge in [0.1, 0.15) is 23.9 Å². The minimum absolute atomic E-state index is 0.263. The van der Waals surface area contributed by atoms with Crippen molar-refractivity contribution < 1.29 is 18.4 Å². The molecule has 1 atom stereocenters. The first-order valence-electron chi connectivity index (χ1n) is 8.65. The summed E-state index contributed by atoms with van der Waals surface area (Å²) >= 11 is 0. The van der Waals surface area contributed by atoms with Crippen LogP contribution in [0.5, 0.6) is 5.75 Å². The van der Waals surface area contributed by atoms with Gasteiger partial charge in [-0.25, -0.2) is 4.39 Å². The van der Waals surface area contributed by atoms with Crippen LogP contribution < -0.4 is 10.1 Å². The maximum atomic E-state index is 13.1. The summed E-state index contributed by atoms with van der Waals surface area (Å²) in [6.45, 7) is 5.78. The summed E-state index contributed by atoms with van der Waals surface area (Å²) in [5.41, 5.74) is 2.88. The van der Waals surface area contributed by atoms with Gasteiger partial charge in [0, 0.05) is 0 Å². The number of hydrogen-bond acceptors (Lipinski definition) is 4. The molecule has 1 amide bonds. The highest BCUT2D eigenvalue weighted by atomic mass is 19.1. The van der Waals surface area contributed by atoms with Gasteiger partial charge in [-0.15, -0.1) is 0 Å². The molecule has 2 aromatic carbocycles. The number of benzene rings is 2. The van der Waals surface area contributed by atoms with Crippen LogP contribution in [-0.4, -0.2) is 11.1 Å². The third kappa shape index (κ3) is 4.34. The number of halogens is 1. The molecule has 0 saturated carbocycles. The first-order chi connectivity index (χ1) is 13.0. The predicted octanol–water partition coefficient (Wildman–Crippen LogP) is 4.50. The van der Waals surface area contributed by atoms with Gasteiger partial charge in [0.25, 0.3) is 5.91 Å². The summed E-state index contributed by atoms with van der Waals surface area (Å²) in [6.07, 6.45) is 0. The molecule has 140 valence electrons. The second-order valence-corrected chi connectivity index (χ2v) is 6.33. The molecular weight excluding hydrogens is 347 g/mol. The van der Waals surface area contributed by atoms with Gasteiger partial charge in [-0.3, -0.25) is 4.79 Å². The highest BCUT2D eigenvalue weighted by Gasteiger charge is 2.17. The summed E-state index contributed by atoms with van der Waals surface area (Å²) in [4.78, 5) is 12.7. The molecule has 0 spiro atoms. The molecule has 0 aliphatic carbocycles. The summed E-state index contributed by atoms with van der Waals surface area (Å²) in [6, 6.07) is 12.8. The fourth-order valence-electron chi connectivity index (χ4n) is 2.75. The molecule has 0 bridgehead atoms. The zero-order chi connectivity index (χ0) is 19.4. The maximum absolute atomic E-state index is 13.1. The predicted molar refractivity (Wildman–Crippen MR) is 99.0 cm³/mol. The Hall–Kier alpha value is -3.15. The van der Waals surface area contributed by atoms with Crippen molar-refractivity contribution in [2.24, 2.45) is 0 Å². The van der Waals surface area contributed by atoms with Crippen molar-refractivity contribution in [3.8, 4) is 5.75 Å². The largest absolute Gasteiger partial charge is 0.488 e. The van der Waals surface area contributed by atoms with E-state index in [1.165, 1.54) is 12.1 Å². The van der Waals surface area contributed by atoms with Crippen molar-refractivity contribution in [1.82, 2.24) is 10.5 Å². The Morgan fingerprint density at radius 2 is 1.89 bits per heavy atom. The van der Waals surface area contributed by atoms with Gasteiger partial charge in [-0.2, -0.15) is 0 Å². The Morgan fingerprint density at radius 1 is 1.19 bits per heavy atom. The molecule has 3 rings (SSSR count). The highest BCUT2D eigenvalue weighted by molar-refractivity contribution is 5.97. The normalized spacial score (nSPS) is 11.9. The van der Waals surface area contributed by atoms with Crippen molar-refractivity contribution in [2.75, 3.05) is 0 Å². The number of nitrogens with one attached hydrogen (secondary N) is 1. The number of amides is 1. The Labute approximate surface area is 157 Å². The average Bonchev–Trinajstić information content (AvgIpc) is 2.98. The van der Waals surface area contributed by atoms with E-state index in [0.29, 0.717) is 17.1 Å². The minimum Gasteiger partial charge on any atom is -0.488 e. The zero-order valence-corrected chi connectivity index (χ0v) is 15.5. The molecule has 0 saturated heterocycles. The summed E-state index contributed by atoms with van der Waals surface area (Å²) < 4.78 is 24.1. The van der Waals surface area contributed by atoms with E-state index in [1.807, 2.05) is 26.8 Å². The fraction of sp³-hybridized carbons (Fsp3) is 0.238. The molecule has 0 radical (unpaired) electrons. The van der Waals surface area contributed by atoms with Crippen molar-refractivity contribution in [1.29, 1.82) is 0 Å². The van der Waals surface area contributed by atoms with Gasteiger partial charge in [0.15, 0.2) is 0 Å². The second kappa shape index (κ2) is 8.03. The highest BCUT2D eigenvalue weighted by Crippen LogP contribution is 2.22. The monoisotopic (exact) mass is 368 g/mol. The first kappa shape index (κ1) is 18.6. The molecular formula is C21H21FN2O3. The Bertz CT molecular complexity index is 915. The number of rotatable bonds is 6. The van der Waals surface area contributed by atoms with E-state index in [4.69, 9.17) is 9.26 Å². The van der Waals surface area contributed by atoms with E-state index < -0.39 is 0 Å². The molecule has 0 aliphatic rings. The number of aromatic nitrogens is 1. The lowest BCUT2D eigenvalue weighted by Crippen LogP contribution is -2.27. The lowest BCUT2D eigenvalue weighted by Gasteiger charge is -2.16. The van der Waals surface area contributed by atoms with E-state index in [-0.39, 0.29) is 24.4 Å². The van der Waals surface area contributed by atoms with Gasteiger partial charge in [-0.1, -0.05) is 29.4 Å². The SMILES string of the molecule is Cc1noc(C)c1COc1ccccc1C(=O)N[C@@H](C)c1ccc(F)cc1. The number of carbonyl (C=O) groups excluding carboxylic acids is 1. The lowest BCUT2D eigenvalue weighted by molar-refractivity contribution is 0.0935. The van der Waals surface area contributed by atoms with Gasteiger partial charge in [0.2, 0.25) is 0 Å². The summed E-state index contributed by atoms with van der Waals surface area (Å²) in [5, 5.41) is 6.82. The van der Waals surface area contributed by atoms with E-state index in [1.54, 1.807) is 30.3 Å². The second-order valence-electron chi connectivity index (χ2n) is 6.33. The van der Waals surface area contributed by atoms with Crippen LogP contribution in [0.25, 0.3) is 0 Å². The number of para-hydroxylation sites is 1. The van der Waals surface area contributed by atoms with Crippen LogP contribution in [0, 0.1) is 19.7 Å². The first-order valence-corrected chi connectivity index (χ1v) is 8.65. The minimum atomic E-state index is -0.310. The number of ether oxygens (including phenoxy) is 1. The Kier molecular flexibility index (Phi) is 5.54. The average molecular weight is 368 g/mol. The molecule has 6 heteroatoms. The molecule has 0 unspecified atom stereocenters. The number of carbonyl (C=O) groups is 1. The van der Waals surface area contributed by atoms with Crippen LogP contribution in [0.2, 0.25) is 0 Å². The van der Waals surface area contributed by atoms with Gasteiger partial charge < -0.3 is 14.6 Å². The molecule has 3 aromatic rings. The molecule has 1 heterocycles. The summed E-state index contributed by atoms with van der Waals surface area (Å²) in [5.74, 6) is 0.595. The van der Waals surface area contributed by atoms with Crippen molar-refractivity contribution in [2.45, 2.75) is 33.4 Å². The molecule has 1 N–H and O–H groups in total. The van der Waals surface area contributed by atoms with Crippen molar-refractivity contribution >= 4 is 5.91 Å². The molecule has 5 nitrogen and oxygen atoms in total. The van der Waals surface area contributed by atoms with Crippen LogP contribution in [-0.2, 0) is 6.61 Å². The number of nitrogens with zero attached hydrogens (tertiary/aromatic N) is 1. The quantitative estimate of drug-likeness (QED) is 0.696. The topological polar surface area (TPSA) is 64.4 Å². The Morgan fingerprint density at radius 3 is 2.56 bits per heavy atom. The third-order valence-corrected chi connectivity index (χ3v) is 4.40. The van der Waals surface area contributed by atoms with E-state index in [9.17, 15) is 9.18 Å². The standard InChI is InChI=1S/C21H21FN2O3/c1-13(16-8-10-17(22)11-9-16)23-21(25)18-6-4-5-7-20(18)26-12-19-14(2)24-27-15(19)3/h4-11,13H,12H2,1-3H3,(H,23,25)/t13-/m0/s1. The van der Waals surface area contributed by atoms with Crippen LogP contribution in [0.4, 0.5) is 4.39 Å². The fourth-order valence-corrected chi connectivity index (χ4v) is 2.75. The Balaban J connectivity index is 1.72. The van der Waals surface area contributed by atoms with E-state index in [0.717, 1.165) is 16.8 Å². The van der Waals surface area contributed by atoms with Crippen LogP contribution in [0.3, 0.4) is 0 Å². The molecule has 0 aliphatic heterocycles. The zero-order valence-electron chi connectivity index (χ0n) is 15.5. The number of hydrogen-bond donors (Lipinski definition) is 1. The van der Waals surface area contributed by atoms with E-state index in [2.05, 4.69) is 10.5 Å². The molecule has 1 aromatic heterocycles. The van der Waals surface area contributed by atoms with E-state index >= 15 is 0 Å². The van der Waals surface area contributed by atoms with Crippen LogP contribution in [0.15, 0.2) is 53.1 Å². The van der Waals surface area contributed by atoms with Crippen molar-refractivity contribution in [3.05, 3.63) is 82.5 Å². The molecule has 27 heavy (non-hydrogen) atoms. The van der Waals surface area contributed by atoms with Gasteiger partial charge in [0.05, 0.1) is 22.9 Å². The van der Waals surface area contributed by atoms with Crippen LogP contribution >= 0.6 is 0 Å². The smallest absolute Gasteiger partial charge is 0.255 e. The number of aryl methyl sites for hydroxylation is 2. The van der Waals surface area contributed by atoms with Crippen molar-refractivity contribution in [3.63, 3.8) is 0 Å². The van der Waals surface area contributed by atoms with Gasteiger partial charge in [-0.05, 0) is 50.6 Å². The molecule has 0 fully saturated rings. The lowest BCUT2D eigenvalue weighted by atomic mass is 10.1. The van der Waals surface area contributed by atoms with Gasteiger partial charge >= 0.3 is 0 Å². The van der Waals surface area contributed by atoms with Crippen LogP contribution in [0.1, 0.15) is 45.9 Å².